The van der Waals surface area contributed by atoms with Crippen molar-refractivity contribution >= 4 is 5.82 Å². The Hall–Kier alpha value is -1.36. The van der Waals surface area contributed by atoms with E-state index >= 15 is 0 Å². The van der Waals surface area contributed by atoms with Crippen molar-refractivity contribution in [3.8, 4) is 0 Å². The average molecular weight is 237 g/mol. The summed E-state index contributed by atoms with van der Waals surface area (Å²) in [4.78, 5) is 16.3. The number of nitrogens with zero attached hydrogens (tertiary/aromatic N) is 2. The van der Waals surface area contributed by atoms with E-state index in [9.17, 15) is 4.79 Å². The maximum atomic E-state index is 12.2. The molecule has 17 heavy (non-hydrogen) atoms. The Bertz CT molecular complexity index is 442. The SMILES string of the molecule is CC(C)(C)n1ccnc(NC2CCOC2)c1=O. The highest BCUT2D eigenvalue weighted by molar-refractivity contribution is 5.33. The second-order valence-electron chi connectivity index (χ2n) is 5.33. The topological polar surface area (TPSA) is 56.1 Å². The minimum absolute atomic E-state index is 0.0769. The van der Waals surface area contributed by atoms with Crippen LogP contribution in [-0.2, 0) is 10.3 Å². The molecule has 1 aliphatic rings. The van der Waals surface area contributed by atoms with Crippen LogP contribution in [0.1, 0.15) is 27.2 Å². The standard InChI is InChI=1S/C12H19N3O2/c1-12(2,3)15-6-5-13-10(11(15)16)14-9-4-7-17-8-9/h5-6,9H,4,7-8H2,1-3H3,(H,13,14). The molecule has 2 heterocycles. The van der Waals surface area contributed by atoms with Gasteiger partial charge in [-0.2, -0.15) is 0 Å². The molecule has 0 aliphatic carbocycles. The molecular formula is C12H19N3O2. The third-order valence-electron chi connectivity index (χ3n) is 2.83. The van der Waals surface area contributed by atoms with Gasteiger partial charge in [-0.05, 0) is 27.2 Å². The Morgan fingerprint density at radius 2 is 2.29 bits per heavy atom. The Kier molecular flexibility index (Phi) is 3.19. The number of rotatable bonds is 2. The van der Waals surface area contributed by atoms with E-state index in [4.69, 9.17) is 4.74 Å². The van der Waals surface area contributed by atoms with Crippen molar-refractivity contribution in [2.24, 2.45) is 0 Å². The van der Waals surface area contributed by atoms with E-state index in [1.54, 1.807) is 17.0 Å². The summed E-state index contributed by atoms with van der Waals surface area (Å²) in [5.41, 5.74) is -0.310. The molecule has 1 saturated heterocycles. The lowest BCUT2D eigenvalue weighted by Gasteiger charge is -2.23. The highest BCUT2D eigenvalue weighted by Gasteiger charge is 2.20. The summed E-state index contributed by atoms with van der Waals surface area (Å²) in [6, 6.07) is 0.200. The van der Waals surface area contributed by atoms with Crippen LogP contribution in [-0.4, -0.2) is 28.8 Å². The highest BCUT2D eigenvalue weighted by atomic mass is 16.5. The van der Waals surface area contributed by atoms with E-state index in [0.717, 1.165) is 13.0 Å². The van der Waals surface area contributed by atoms with E-state index in [0.29, 0.717) is 12.4 Å². The Morgan fingerprint density at radius 3 is 2.88 bits per heavy atom. The summed E-state index contributed by atoms with van der Waals surface area (Å²) in [5, 5.41) is 3.15. The van der Waals surface area contributed by atoms with Gasteiger partial charge in [0.25, 0.3) is 5.56 Å². The molecule has 2 rings (SSSR count). The molecule has 1 aliphatic heterocycles. The molecule has 94 valence electrons. The molecule has 0 spiro atoms. The quantitative estimate of drug-likeness (QED) is 0.839. The lowest BCUT2D eigenvalue weighted by molar-refractivity contribution is 0.195. The van der Waals surface area contributed by atoms with E-state index in [1.165, 1.54) is 0 Å². The molecule has 0 aromatic carbocycles. The molecule has 5 heteroatoms. The molecule has 0 radical (unpaired) electrons. The number of nitrogens with one attached hydrogen (secondary N) is 1. The lowest BCUT2D eigenvalue weighted by Crippen LogP contribution is -2.36. The summed E-state index contributed by atoms with van der Waals surface area (Å²) < 4.78 is 6.96. The van der Waals surface area contributed by atoms with Gasteiger partial charge >= 0.3 is 0 Å². The minimum Gasteiger partial charge on any atom is -0.379 e. The van der Waals surface area contributed by atoms with Gasteiger partial charge in [0.1, 0.15) is 0 Å². The van der Waals surface area contributed by atoms with Gasteiger partial charge in [-0.3, -0.25) is 4.79 Å². The van der Waals surface area contributed by atoms with Gasteiger partial charge in [-0.1, -0.05) is 0 Å². The van der Waals surface area contributed by atoms with Crippen molar-refractivity contribution in [3.63, 3.8) is 0 Å². The first-order chi connectivity index (χ1) is 7.98. The van der Waals surface area contributed by atoms with Crippen molar-refractivity contribution < 1.29 is 4.74 Å². The monoisotopic (exact) mass is 237 g/mol. The van der Waals surface area contributed by atoms with Gasteiger partial charge in [0.2, 0.25) is 0 Å². The number of ether oxygens (including phenoxy) is 1. The molecular weight excluding hydrogens is 218 g/mol. The fourth-order valence-corrected chi connectivity index (χ4v) is 1.88. The van der Waals surface area contributed by atoms with Crippen molar-refractivity contribution in [1.82, 2.24) is 9.55 Å². The Balaban J connectivity index is 2.26. The van der Waals surface area contributed by atoms with Gasteiger partial charge in [0.15, 0.2) is 5.82 Å². The molecule has 1 N–H and O–H groups in total. The minimum atomic E-state index is -0.234. The smallest absolute Gasteiger partial charge is 0.293 e. The summed E-state index contributed by atoms with van der Waals surface area (Å²) in [5.74, 6) is 0.415. The maximum absolute atomic E-state index is 12.2. The van der Waals surface area contributed by atoms with E-state index in [2.05, 4.69) is 10.3 Å². The van der Waals surface area contributed by atoms with Crippen molar-refractivity contribution in [3.05, 3.63) is 22.7 Å². The predicted molar refractivity (Wildman–Crippen MR) is 66.3 cm³/mol. The van der Waals surface area contributed by atoms with Crippen molar-refractivity contribution in [2.75, 3.05) is 18.5 Å². The number of hydrogen-bond donors (Lipinski definition) is 1. The Labute approximate surface area is 101 Å². The fraction of sp³-hybridized carbons (Fsp3) is 0.667. The number of anilines is 1. The predicted octanol–water partition coefficient (Wildman–Crippen LogP) is 1.20. The molecule has 5 nitrogen and oxygen atoms in total. The fourth-order valence-electron chi connectivity index (χ4n) is 1.88. The van der Waals surface area contributed by atoms with Crippen molar-refractivity contribution in [1.29, 1.82) is 0 Å². The third kappa shape index (κ3) is 2.66. The van der Waals surface area contributed by atoms with Crippen LogP contribution in [0.25, 0.3) is 0 Å². The average Bonchev–Trinajstić information content (AvgIpc) is 2.72. The van der Waals surface area contributed by atoms with Crippen LogP contribution in [0.2, 0.25) is 0 Å². The number of aromatic nitrogens is 2. The normalized spacial score (nSPS) is 20.5. The summed E-state index contributed by atoms with van der Waals surface area (Å²) in [6.07, 6.45) is 4.30. The lowest BCUT2D eigenvalue weighted by atomic mass is 10.1. The molecule has 0 saturated carbocycles. The second-order valence-corrected chi connectivity index (χ2v) is 5.33. The van der Waals surface area contributed by atoms with Gasteiger partial charge in [-0.25, -0.2) is 4.98 Å². The Morgan fingerprint density at radius 1 is 1.53 bits per heavy atom. The van der Waals surface area contributed by atoms with Crippen molar-refractivity contribution in [2.45, 2.75) is 38.8 Å². The zero-order chi connectivity index (χ0) is 12.5. The van der Waals surface area contributed by atoms with Gasteiger partial charge in [0, 0.05) is 24.5 Å². The van der Waals surface area contributed by atoms with Crippen LogP contribution in [0.4, 0.5) is 5.82 Å². The summed E-state index contributed by atoms with van der Waals surface area (Å²) in [7, 11) is 0. The zero-order valence-corrected chi connectivity index (χ0v) is 10.6. The van der Waals surface area contributed by atoms with E-state index < -0.39 is 0 Å². The van der Waals surface area contributed by atoms with Crippen LogP contribution in [0.5, 0.6) is 0 Å². The van der Waals surface area contributed by atoms with Gasteiger partial charge in [0.05, 0.1) is 12.6 Å². The first-order valence-electron chi connectivity index (χ1n) is 5.91. The molecule has 1 aromatic heterocycles. The van der Waals surface area contributed by atoms with Crippen LogP contribution in [0.15, 0.2) is 17.2 Å². The zero-order valence-electron chi connectivity index (χ0n) is 10.6. The third-order valence-corrected chi connectivity index (χ3v) is 2.83. The maximum Gasteiger partial charge on any atom is 0.293 e. The molecule has 1 fully saturated rings. The van der Waals surface area contributed by atoms with Gasteiger partial charge in [-0.15, -0.1) is 0 Å². The molecule has 0 bridgehead atoms. The largest absolute Gasteiger partial charge is 0.379 e. The second kappa shape index (κ2) is 4.49. The van der Waals surface area contributed by atoms with Crippen LogP contribution in [0.3, 0.4) is 0 Å². The van der Waals surface area contributed by atoms with Crippen LogP contribution < -0.4 is 10.9 Å². The highest BCUT2D eigenvalue weighted by Crippen LogP contribution is 2.12. The summed E-state index contributed by atoms with van der Waals surface area (Å²) in [6.45, 7) is 7.38. The molecule has 1 unspecified atom stereocenters. The molecule has 1 aromatic rings. The van der Waals surface area contributed by atoms with Crippen LogP contribution in [0, 0.1) is 0 Å². The number of hydrogen-bond acceptors (Lipinski definition) is 4. The first-order valence-corrected chi connectivity index (χ1v) is 5.91. The van der Waals surface area contributed by atoms with E-state index in [1.807, 2.05) is 20.8 Å². The van der Waals surface area contributed by atoms with Crippen LogP contribution >= 0.6 is 0 Å². The molecule has 0 amide bonds. The first kappa shape index (κ1) is 12.1. The summed E-state index contributed by atoms with van der Waals surface area (Å²) >= 11 is 0. The molecule has 1 atom stereocenters. The van der Waals surface area contributed by atoms with Gasteiger partial charge < -0.3 is 14.6 Å². The van der Waals surface area contributed by atoms with E-state index in [-0.39, 0.29) is 17.1 Å².